The number of fused-ring (bicyclic) bond motifs is 10. The minimum Gasteiger partial charge on any atom is -0.375 e. The van der Waals surface area contributed by atoms with Gasteiger partial charge >= 0.3 is 6.85 Å². The van der Waals surface area contributed by atoms with E-state index in [1.165, 1.54) is 92.4 Å². The first-order valence-electron chi connectivity index (χ1n) is 22.0. The van der Waals surface area contributed by atoms with Gasteiger partial charge in [-0.25, -0.2) is 0 Å². The van der Waals surface area contributed by atoms with E-state index in [4.69, 9.17) is 0 Å². The number of aromatic nitrogens is 1. The fourth-order valence-corrected chi connectivity index (χ4v) is 16.9. The van der Waals surface area contributed by atoms with Gasteiger partial charge in [-0.1, -0.05) is 176 Å². The van der Waals surface area contributed by atoms with Crippen molar-refractivity contribution in [2.45, 2.75) is 0 Å². The molecule has 0 aliphatic carbocycles. The van der Waals surface area contributed by atoms with Crippen LogP contribution in [-0.2, 0) is 0 Å². The molecular weight excluding hydrogens is 778 g/mol. The Morgan fingerprint density at radius 1 is 0.413 bits per heavy atom. The van der Waals surface area contributed by atoms with Crippen molar-refractivity contribution in [2.24, 2.45) is 0 Å². The molecule has 1 aromatic heterocycles. The van der Waals surface area contributed by atoms with Gasteiger partial charge in [0.05, 0.1) is 0 Å². The van der Waals surface area contributed by atoms with Crippen LogP contribution in [0.3, 0.4) is 0 Å². The molecule has 0 fully saturated rings. The molecule has 3 nitrogen and oxygen atoms in total. The van der Waals surface area contributed by atoms with E-state index in [0.717, 1.165) is 17.1 Å². The highest BCUT2D eigenvalue weighted by molar-refractivity contribution is 7.21. The number of benzene rings is 10. The predicted molar refractivity (Wildman–Crippen MR) is 269 cm³/mol. The third-order valence-corrected chi connectivity index (χ3v) is 19.0. The molecule has 3 aliphatic rings. The summed E-state index contributed by atoms with van der Waals surface area (Å²) in [6.45, 7) is -0.0725. The SMILES string of the molecule is c1ccc(N(c2ccccc2)c2cc3c4c(c2)N2c5ccccc5[Si](c5ccccc5)(c5ccccc5)c5cccc(c52)B4n2c4cc5ccccc5cc4c4cccc-3c42)cc1. The Balaban J connectivity index is 1.17. The maximum atomic E-state index is 2.71. The van der Waals surface area contributed by atoms with E-state index < -0.39 is 8.07 Å². The van der Waals surface area contributed by atoms with Crippen LogP contribution in [0, 0.1) is 0 Å². The lowest BCUT2D eigenvalue weighted by molar-refractivity contribution is 1.24. The summed E-state index contributed by atoms with van der Waals surface area (Å²) < 4.78 is 2.71. The van der Waals surface area contributed by atoms with Crippen molar-refractivity contribution in [2.75, 3.05) is 9.80 Å². The first kappa shape index (κ1) is 34.8. The van der Waals surface area contributed by atoms with E-state index in [1.54, 1.807) is 0 Å². The molecular formula is C58H38BN3Si. The highest BCUT2D eigenvalue weighted by atomic mass is 28.3. The van der Waals surface area contributed by atoms with E-state index in [2.05, 4.69) is 245 Å². The average molecular weight is 816 g/mol. The summed E-state index contributed by atoms with van der Waals surface area (Å²) in [6.07, 6.45) is 0. The zero-order chi connectivity index (χ0) is 41.2. The van der Waals surface area contributed by atoms with Gasteiger partial charge in [-0.3, -0.25) is 0 Å². The number of hydrogen-bond donors (Lipinski definition) is 0. The van der Waals surface area contributed by atoms with Crippen molar-refractivity contribution in [1.82, 2.24) is 4.48 Å². The summed E-state index contributed by atoms with van der Waals surface area (Å²) >= 11 is 0. The molecule has 0 saturated heterocycles. The topological polar surface area (TPSA) is 11.4 Å². The number of para-hydroxylation sites is 5. The molecule has 0 spiro atoms. The standard InChI is InChI=1S/C58H38BN3Si/c1-5-21-41(22-6-1)60(42-23-7-2-8-24-42)43-37-49-47-30-17-29-46-48-35-39-19-13-14-20-40(39)36-52(48)62(57(46)47)59-50-31-18-34-55-58(50)61(53(38-43)56(49)59)51-32-15-16-33-54(51)63(55,44-25-9-3-10-26-44)45-27-11-4-12-28-45/h1-38H. The molecule has 5 heteroatoms. The van der Waals surface area contributed by atoms with Crippen molar-refractivity contribution >= 4 is 113 Å². The second kappa shape index (κ2) is 13.1. The van der Waals surface area contributed by atoms with Gasteiger partial charge < -0.3 is 14.3 Å². The number of nitrogens with zero attached hydrogens (tertiary/aromatic N) is 3. The molecule has 292 valence electrons. The second-order valence-electron chi connectivity index (χ2n) is 17.2. The van der Waals surface area contributed by atoms with Crippen LogP contribution in [0.4, 0.5) is 34.1 Å². The van der Waals surface area contributed by atoms with Gasteiger partial charge in [-0.05, 0) is 103 Å². The molecule has 0 amide bonds. The third-order valence-electron chi connectivity index (χ3n) is 14.1. The van der Waals surface area contributed by atoms with E-state index in [1.807, 2.05) is 0 Å². The fourth-order valence-electron chi connectivity index (χ4n) is 11.7. The normalized spacial score (nSPS) is 13.8. The maximum Gasteiger partial charge on any atom is 0.333 e. The van der Waals surface area contributed by atoms with Crippen molar-refractivity contribution < 1.29 is 0 Å². The van der Waals surface area contributed by atoms with E-state index in [0.29, 0.717) is 0 Å². The van der Waals surface area contributed by atoms with E-state index in [9.17, 15) is 0 Å². The summed E-state index contributed by atoms with van der Waals surface area (Å²) in [5.74, 6) is 0. The van der Waals surface area contributed by atoms with Crippen LogP contribution in [0.15, 0.2) is 231 Å². The Labute approximate surface area is 367 Å². The van der Waals surface area contributed by atoms with Crippen molar-refractivity contribution in [1.29, 1.82) is 0 Å². The average Bonchev–Trinajstić information content (AvgIpc) is 3.67. The van der Waals surface area contributed by atoms with Gasteiger partial charge in [0.1, 0.15) is 0 Å². The molecule has 0 saturated carbocycles. The number of hydrogen-bond acceptors (Lipinski definition) is 2. The largest absolute Gasteiger partial charge is 0.375 e. The lowest BCUT2D eigenvalue weighted by Gasteiger charge is -2.50. The van der Waals surface area contributed by atoms with Gasteiger partial charge in [0.2, 0.25) is 0 Å². The summed E-state index contributed by atoms with van der Waals surface area (Å²) in [5, 5.41) is 10.7. The lowest BCUT2D eigenvalue weighted by atomic mass is 9.45. The Kier molecular flexibility index (Phi) is 7.22. The van der Waals surface area contributed by atoms with Crippen molar-refractivity contribution in [3.63, 3.8) is 0 Å². The molecule has 0 atom stereocenters. The molecule has 4 heterocycles. The minimum atomic E-state index is -2.90. The Morgan fingerprint density at radius 3 is 1.70 bits per heavy atom. The molecule has 0 unspecified atom stereocenters. The number of anilines is 6. The summed E-state index contributed by atoms with van der Waals surface area (Å²) in [5.41, 5.74) is 15.0. The first-order chi connectivity index (χ1) is 31.3. The van der Waals surface area contributed by atoms with Crippen LogP contribution in [0.1, 0.15) is 0 Å². The number of rotatable bonds is 5. The lowest BCUT2D eigenvalue weighted by Crippen LogP contribution is -2.78. The van der Waals surface area contributed by atoms with Crippen LogP contribution in [-0.4, -0.2) is 19.4 Å². The predicted octanol–water partition coefficient (Wildman–Crippen LogP) is 10.5. The van der Waals surface area contributed by atoms with Crippen LogP contribution in [0.25, 0.3) is 43.7 Å². The van der Waals surface area contributed by atoms with Crippen LogP contribution in [0.2, 0.25) is 0 Å². The Morgan fingerprint density at radius 2 is 1.00 bits per heavy atom. The first-order valence-corrected chi connectivity index (χ1v) is 24.0. The maximum absolute atomic E-state index is 2.90. The molecule has 0 N–H and O–H groups in total. The smallest absolute Gasteiger partial charge is 0.333 e. The molecule has 14 rings (SSSR count). The van der Waals surface area contributed by atoms with Gasteiger partial charge in [-0.15, -0.1) is 0 Å². The highest BCUT2D eigenvalue weighted by Crippen LogP contribution is 2.49. The molecule has 0 radical (unpaired) electrons. The van der Waals surface area contributed by atoms with E-state index >= 15 is 0 Å². The Hall–Kier alpha value is -7.86. The van der Waals surface area contributed by atoms with Crippen molar-refractivity contribution in [3.8, 4) is 11.1 Å². The third kappa shape index (κ3) is 4.64. The van der Waals surface area contributed by atoms with Gasteiger partial charge in [0.15, 0.2) is 8.07 Å². The summed E-state index contributed by atoms with van der Waals surface area (Å²) in [6, 6.07) is 86.8. The molecule has 0 bridgehead atoms. The quantitative estimate of drug-likeness (QED) is 0.160. The minimum absolute atomic E-state index is 0.0725. The monoisotopic (exact) mass is 815 g/mol. The molecule has 11 aromatic rings. The molecule has 10 aromatic carbocycles. The van der Waals surface area contributed by atoms with Crippen LogP contribution >= 0.6 is 0 Å². The van der Waals surface area contributed by atoms with Crippen LogP contribution < -0.4 is 41.5 Å². The second-order valence-corrected chi connectivity index (χ2v) is 20.9. The summed E-state index contributed by atoms with van der Waals surface area (Å²) in [4.78, 5) is 5.10. The van der Waals surface area contributed by atoms with Gasteiger partial charge in [-0.2, -0.15) is 0 Å². The van der Waals surface area contributed by atoms with Gasteiger partial charge in [0.25, 0.3) is 0 Å². The van der Waals surface area contributed by atoms with Crippen molar-refractivity contribution in [3.05, 3.63) is 231 Å². The highest BCUT2D eigenvalue weighted by Gasteiger charge is 2.53. The Bertz CT molecular complexity index is 3570. The summed E-state index contributed by atoms with van der Waals surface area (Å²) in [7, 11) is -2.90. The molecule has 3 aliphatic heterocycles. The van der Waals surface area contributed by atoms with Crippen LogP contribution in [0.5, 0.6) is 0 Å². The zero-order valence-electron chi connectivity index (χ0n) is 34.4. The van der Waals surface area contributed by atoms with Gasteiger partial charge in [0, 0.05) is 61.5 Å². The molecule has 63 heavy (non-hydrogen) atoms. The van der Waals surface area contributed by atoms with E-state index in [-0.39, 0.29) is 6.85 Å². The fraction of sp³-hybridized carbons (Fsp3) is 0. The zero-order valence-corrected chi connectivity index (χ0v) is 35.4.